The van der Waals surface area contributed by atoms with Crippen LogP contribution in [-0.2, 0) is 4.74 Å². The minimum atomic E-state index is -4.22. The Morgan fingerprint density at radius 2 is 1.93 bits per heavy atom. The van der Waals surface area contributed by atoms with Gasteiger partial charge in [0.05, 0.1) is 6.61 Å². The molecular formula is C9H19F3N2O. The standard InChI is InChI=1S/C9H19F3N2O/c1-8(3-4-13-2)14-5-6-15-7-9(10,11)12/h8,13-14H,3-7H2,1-2H3. The molecule has 0 saturated carbocycles. The van der Waals surface area contributed by atoms with Crippen molar-refractivity contribution in [2.45, 2.75) is 25.6 Å². The zero-order valence-corrected chi connectivity index (χ0v) is 9.16. The molecule has 0 aliphatic rings. The monoisotopic (exact) mass is 228 g/mol. The number of alkyl halides is 3. The molecule has 0 aromatic rings. The predicted molar refractivity (Wildman–Crippen MR) is 52.9 cm³/mol. The maximum Gasteiger partial charge on any atom is 0.411 e. The number of rotatable bonds is 8. The second-order valence-corrected chi connectivity index (χ2v) is 3.42. The molecule has 0 radical (unpaired) electrons. The summed E-state index contributed by atoms with van der Waals surface area (Å²) in [6.45, 7) is 2.24. The van der Waals surface area contributed by atoms with Crippen LogP contribution in [-0.4, -0.2) is 45.6 Å². The Morgan fingerprint density at radius 3 is 2.47 bits per heavy atom. The maximum absolute atomic E-state index is 11.7. The lowest BCUT2D eigenvalue weighted by Crippen LogP contribution is -2.32. The predicted octanol–water partition coefficient (Wildman–Crippen LogP) is 1.15. The second kappa shape index (κ2) is 7.90. The van der Waals surface area contributed by atoms with Gasteiger partial charge in [-0.3, -0.25) is 0 Å². The van der Waals surface area contributed by atoms with E-state index in [1.54, 1.807) is 0 Å². The van der Waals surface area contributed by atoms with Crippen molar-refractivity contribution in [3.63, 3.8) is 0 Å². The van der Waals surface area contributed by atoms with E-state index in [2.05, 4.69) is 15.4 Å². The van der Waals surface area contributed by atoms with Gasteiger partial charge in [0, 0.05) is 12.6 Å². The average molecular weight is 228 g/mol. The van der Waals surface area contributed by atoms with Crippen LogP contribution in [0, 0.1) is 0 Å². The third-order valence-corrected chi connectivity index (χ3v) is 1.83. The van der Waals surface area contributed by atoms with Crippen LogP contribution in [0.5, 0.6) is 0 Å². The minimum Gasteiger partial charge on any atom is -0.371 e. The van der Waals surface area contributed by atoms with E-state index in [1.807, 2.05) is 14.0 Å². The molecule has 0 saturated heterocycles. The Balaban J connectivity index is 3.23. The lowest BCUT2D eigenvalue weighted by Gasteiger charge is -2.13. The average Bonchev–Trinajstić information content (AvgIpc) is 2.12. The zero-order chi connectivity index (χ0) is 11.7. The number of hydrogen-bond acceptors (Lipinski definition) is 3. The molecule has 15 heavy (non-hydrogen) atoms. The molecule has 6 heteroatoms. The summed E-state index contributed by atoms with van der Waals surface area (Å²) in [7, 11) is 1.86. The second-order valence-electron chi connectivity index (χ2n) is 3.42. The minimum absolute atomic E-state index is 0.0867. The molecule has 0 amide bonds. The van der Waals surface area contributed by atoms with E-state index in [4.69, 9.17) is 0 Å². The smallest absolute Gasteiger partial charge is 0.371 e. The van der Waals surface area contributed by atoms with Crippen molar-refractivity contribution in [3.8, 4) is 0 Å². The van der Waals surface area contributed by atoms with Crippen molar-refractivity contribution in [1.29, 1.82) is 0 Å². The van der Waals surface area contributed by atoms with Gasteiger partial charge in [-0.05, 0) is 26.9 Å². The summed E-state index contributed by atoms with van der Waals surface area (Å²) in [6.07, 6.45) is -3.28. The van der Waals surface area contributed by atoms with Crippen molar-refractivity contribution >= 4 is 0 Å². The first-order valence-corrected chi connectivity index (χ1v) is 4.98. The summed E-state index contributed by atoms with van der Waals surface area (Å²) < 4.78 is 39.4. The summed E-state index contributed by atoms with van der Waals surface area (Å²) in [5.41, 5.74) is 0. The largest absolute Gasteiger partial charge is 0.411 e. The van der Waals surface area contributed by atoms with Crippen molar-refractivity contribution in [3.05, 3.63) is 0 Å². The lowest BCUT2D eigenvalue weighted by molar-refractivity contribution is -0.173. The molecule has 0 rings (SSSR count). The maximum atomic E-state index is 11.7. The Kier molecular flexibility index (Phi) is 7.72. The van der Waals surface area contributed by atoms with Gasteiger partial charge in [-0.25, -0.2) is 0 Å². The fourth-order valence-corrected chi connectivity index (χ4v) is 1.03. The molecule has 0 bridgehead atoms. The van der Waals surface area contributed by atoms with Crippen LogP contribution < -0.4 is 10.6 Å². The quantitative estimate of drug-likeness (QED) is 0.611. The summed E-state index contributed by atoms with van der Waals surface area (Å²) in [5, 5.41) is 6.07. The lowest BCUT2D eigenvalue weighted by atomic mass is 10.2. The number of halogens is 3. The van der Waals surface area contributed by atoms with Gasteiger partial charge in [0.2, 0.25) is 0 Å². The van der Waals surface area contributed by atoms with Crippen LogP contribution in [0.4, 0.5) is 13.2 Å². The highest BCUT2D eigenvalue weighted by Crippen LogP contribution is 2.13. The third-order valence-electron chi connectivity index (χ3n) is 1.83. The first-order chi connectivity index (χ1) is 6.95. The summed E-state index contributed by atoms with van der Waals surface area (Å²) in [4.78, 5) is 0. The van der Waals surface area contributed by atoms with Gasteiger partial charge in [0.1, 0.15) is 6.61 Å². The van der Waals surface area contributed by atoms with Crippen molar-refractivity contribution < 1.29 is 17.9 Å². The van der Waals surface area contributed by atoms with Crippen LogP contribution in [0.2, 0.25) is 0 Å². The van der Waals surface area contributed by atoms with Gasteiger partial charge in [-0.15, -0.1) is 0 Å². The van der Waals surface area contributed by atoms with Crippen LogP contribution in [0.1, 0.15) is 13.3 Å². The third kappa shape index (κ3) is 11.6. The van der Waals surface area contributed by atoms with Gasteiger partial charge in [0.15, 0.2) is 0 Å². The van der Waals surface area contributed by atoms with Gasteiger partial charge >= 0.3 is 6.18 Å². The Hall–Kier alpha value is -0.330. The molecule has 0 fully saturated rings. The number of ether oxygens (including phenoxy) is 1. The molecule has 1 atom stereocenters. The molecule has 1 unspecified atom stereocenters. The normalized spacial score (nSPS) is 14.2. The van der Waals surface area contributed by atoms with Crippen LogP contribution in [0.3, 0.4) is 0 Å². The highest BCUT2D eigenvalue weighted by molar-refractivity contribution is 4.61. The van der Waals surface area contributed by atoms with Crippen LogP contribution in [0.15, 0.2) is 0 Å². The van der Waals surface area contributed by atoms with Crippen molar-refractivity contribution in [2.75, 3.05) is 33.4 Å². The van der Waals surface area contributed by atoms with E-state index < -0.39 is 12.8 Å². The molecule has 0 aliphatic carbocycles. The number of hydrogen-bond donors (Lipinski definition) is 2. The molecule has 0 aromatic heterocycles. The molecule has 0 aromatic carbocycles. The summed E-state index contributed by atoms with van der Waals surface area (Å²) in [5.74, 6) is 0. The summed E-state index contributed by atoms with van der Waals surface area (Å²) >= 11 is 0. The molecular weight excluding hydrogens is 209 g/mol. The van der Waals surface area contributed by atoms with E-state index >= 15 is 0 Å². The topological polar surface area (TPSA) is 33.3 Å². The zero-order valence-electron chi connectivity index (χ0n) is 9.16. The highest BCUT2D eigenvalue weighted by atomic mass is 19.4. The van der Waals surface area contributed by atoms with Crippen LogP contribution in [0.25, 0.3) is 0 Å². The van der Waals surface area contributed by atoms with Gasteiger partial charge < -0.3 is 15.4 Å². The van der Waals surface area contributed by atoms with Gasteiger partial charge in [0.25, 0.3) is 0 Å². The van der Waals surface area contributed by atoms with Crippen LogP contribution >= 0.6 is 0 Å². The van der Waals surface area contributed by atoms with E-state index in [9.17, 15) is 13.2 Å². The summed E-state index contributed by atoms with van der Waals surface area (Å²) in [6, 6.07) is 0.284. The van der Waals surface area contributed by atoms with E-state index in [0.29, 0.717) is 6.54 Å². The fourth-order valence-electron chi connectivity index (χ4n) is 1.03. The fraction of sp³-hybridized carbons (Fsp3) is 1.00. The van der Waals surface area contributed by atoms with E-state index in [1.165, 1.54) is 0 Å². The molecule has 92 valence electrons. The first-order valence-electron chi connectivity index (χ1n) is 4.98. The van der Waals surface area contributed by atoms with E-state index in [-0.39, 0.29) is 12.6 Å². The molecule has 2 N–H and O–H groups in total. The molecule has 3 nitrogen and oxygen atoms in total. The first kappa shape index (κ1) is 14.7. The highest BCUT2D eigenvalue weighted by Gasteiger charge is 2.27. The van der Waals surface area contributed by atoms with Crippen molar-refractivity contribution in [2.24, 2.45) is 0 Å². The van der Waals surface area contributed by atoms with Gasteiger partial charge in [-0.2, -0.15) is 13.2 Å². The molecule has 0 heterocycles. The van der Waals surface area contributed by atoms with Crippen molar-refractivity contribution in [1.82, 2.24) is 10.6 Å². The Morgan fingerprint density at radius 1 is 1.27 bits per heavy atom. The Bertz CT molecular complexity index is 153. The van der Waals surface area contributed by atoms with Gasteiger partial charge in [-0.1, -0.05) is 0 Å². The molecule has 0 aliphatic heterocycles. The Labute approximate surface area is 88.4 Å². The number of nitrogens with one attached hydrogen (secondary N) is 2. The van der Waals surface area contributed by atoms with E-state index in [0.717, 1.165) is 13.0 Å². The molecule has 0 spiro atoms. The SMILES string of the molecule is CNCCC(C)NCCOCC(F)(F)F.